The van der Waals surface area contributed by atoms with Gasteiger partial charge < -0.3 is 16.0 Å². The van der Waals surface area contributed by atoms with Gasteiger partial charge in [0.2, 0.25) is 5.91 Å². The molecule has 0 saturated carbocycles. The minimum atomic E-state index is -0.188. The maximum Gasteiger partial charge on any atom is 0.252 e. The summed E-state index contributed by atoms with van der Waals surface area (Å²) in [5, 5.41) is 9.72. The fourth-order valence-corrected chi connectivity index (χ4v) is 4.25. The van der Waals surface area contributed by atoms with Crippen molar-refractivity contribution in [2.75, 3.05) is 11.9 Å². The van der Waals surface area contributed by atoms with Gasteiger partial charge in [-0.3, -0.25) is 9.59 Å². The second-order valence-electron chi connectivity index (χ2n) is 8.03. The summed E-state index contributed by atoms with van der Waals surface area (Å²) in [6.45, 7) is 4.68. The van der Waals surface area contributed by atoms with Crippen LogP contribution < -0.4 is 16.0 Å². The van der Waals surface area contributed by atoms with E-state index in [-0.39, 0.29) is 24.2 Å². The Balaban J connectivity index is 0.00000261. The molecular formula is C20H29Cl2N3O2. The minimum absolute atomic E-state index is 0. The third-order valence-electron chi connectivity index (χ3n) is 5.21. The van der Waals surface area contributed by atoms with Gasteiger partial charge in [0.15, 0.2) is 0 Å². The number of halogens is 2. The van der Waals surface area contributed by atoms with Crippen molar-refractivity contribution in [1.29, 1.82) is 0 Å². The van der Waals surface area contributed by atoms with Crippen LogP contribution in [0.3, 0.4) is 0 Å². The molecular weight excluding hydrogens is 385 g/mol. The molecule has 150 valence electrons. The number of carbonyl (C=O) groups excluding carboxylic acids is 2. The molecule has 5 nitrogen and oxygen atoms in total. The van der Waals surface area contributed by atoms with Gasteiger partial charge in [0.05, 0.1) is 10.6 Å². The number of amides is 2. The number of rotatable bonds is 6. The maximum atomic E-state index is 12.4. The quantitative estimate of drug-likeness (QED) is 0.659. The van der Waals surface area contributed by atoms with E-state index in [0.717, 1.165) is 12.8 Å². The summed E-state index contributed by atoms with van der Waals surface area (Å²) in [7, 11) is 0. The average Bonchev–Trinajstić information content (AvgIpc) is 2.91. The van der Waals surface area contributed by atoms with E-state index in [1.807, 2.05) is 13.8 Å². The van der Waals surface area contributed by atoms with Gasteiger partial charge in [-0.05, 0) is 55.7 Å². The normalized spacial score (nSPS) is 23.6. The molecule has 2 heterocycles. The van der Waals surface area contributed by atoms with Crippen LogP contribution in [0, 0.1) is 11.8 Å². The van der Waals surface area contributed by atoms with Crippen LogP contribution in [0.1, 0.15) is 56.3 Å². The van der Waals surface area contributed by atoms with Crippen LogP contribution in [0.5, 0.6) is 0 Å². The zero-order chi connectivity index (χ0) is 18.7. The standard InChI is InChI=1S/C20H28ClN3O2.ClH/c1-12(2)11-22-20(26)17-6-5-16(10-18(17)21)24-19(25)9-13-7-14-3-4-15(8-13)23-14;/h5-6,10,12-15,23H,3-4,7-9,11H2,1-2H3,(H,22,26)(H,24,25);1H. The summed E-state index contributed by atoms with van der Waals surface area (Å²) in [5.41, 5.74) is 1.07. The first-order valence-corrected chi connectivity index (χ1v) is 9.92. The molecule has 0 aromatic heterocycles. The van der Waals surface area contributed by atoms with Gasteiger partial charge in [-0.2, -0.15) is 0 Å². The molecule has 3 N–H and O–H groups in total. The van der Waals surface area contributed by atoms with Crippen molar-refractivity contribution >= 4 is 41.5 Å². The van der Waals surface area contributed by atoms with E-state index in [1.54, 1.807) is 18.2 Å². The third kappa shape index (κ3) is 6.09. The molecule has 7 heteroatoms. The van der Waals surface area contributed by atoms with Gasteiger partial charge in [-0.15, -0.1) is 12.4 Å². The van der Waals surface area contributed by atoms with Crippen molar-refractivity contribution in [2.24, 2.45) is 11.8 Å². The fraction of sp³-hybridized carbons (Fsp3) is 0.600. The summed E-state index contributed by atoms with van der Waals surface area (Å²) in [4.78, 5) is 24.5. The van der Waals surface area contributed by atoms with Crippen molar-refractivity contribution in [3.8, 4) is 0 Å². The lowest BCUT2D eigenvalue weighted by Gasteiger charge is -2.28. The number of hydrogen-bond acceptors (Lipinski definition) is 3. The average molecular weight is 414 g/mol. The van der Waals surface area contributed by atoms with Crippen LogP contribution in [-0.4, -0.2) is 30.4 Å². The van der Waals surface area contributed by atoms with Gasteiger partial charge >= 0.3 is 0 Å². The molecule has 0 radical (unpaired) electrons. The lowest BCUT2D eigenvalue weighted by molar-refractivity contribution is -0.117. The van der Waals surface area contributed by atoms with Crippen molar-refractivity contribution in [2.45, 2.75) is 58.0 Å². The molecule has 2 unspecified atom stereocenters. The molecule has 1 aromatic rings. The fourth-order valence-electron chi connectivity index (χ4n) is 3.99. The van der Waals surface area contributed by atoms with Crippen LogP contribution in [0.4, 0.5) is 5.69 Å². The van der Waals surface area contributed by atoms with E-state index in [1.165, 1.54) is 12.8 Å². The van der Waals surface area contributed by atoms with Gasteiger partial charge in [-0.1, -0.05) is 25.4 Å². The van der Waals surface area contributed by atoms with E-state index in [4.69, 9.17) is 11.6 Å². The molecule has 27 heavy (non-hydrogen) atoms. The van der Waals surface area contributed by atoms with E-state index in [0.29, 0.717) is 53.2 Å². The summed E-state index contributed by atoms with van der Waals surface area (Å²) in [6.07, 6.45) is 5.18. The summed E-state index contributed by atoms with van der Waals surface area (Å²) < 4.78 is 0. The number of piperidine rings is 1. The molecule has 0 aliphatic carbocycles. The van der Waals surface area contributed by atoms with Crippen molar-refractivity contribution in [3.05, 3.63) is 28.8 Å². The Morgan fingerprint density at radius 3 is 2.48 bits per heavy atom. The number of nitrogens with one attached hydrogen (secondary N) is 3. The SMILES string of the molecule is CC(C)CNC(=O)c1ccc(NC(=O)CC2CC3CCC(C2)N3)cc1Cl.Cl. The van der Waals surface area contributed by atoms with E-state index < -0.39 is 0 Å². The molecule has 2 bridgehead atoms. The topological polar surface area (TPSA) is 70.2 Å². The van der Waals surface area contributed by atoms with E-state index in [2.05, 4.69) is 16.0 Å². The second kappa shape index (κ2) is 9.76. The Morgan fingerprint density at radius 1 is 1.22 bits per heavy atom. The van der Waals surface area contributed by atoms with Gasteiger partial charge in [-0.25, -0.2) is 0 Å². The molecule has 2 aliphatic rings. The predicted octanol–water partition coefficient (Wildman–Crippen LogP) is 4.01. The van der Waals surface area contributed by atoms with Gasteiger partial charge in [0, 0.05) is 30.7 Å². The highest BCUT2D eigenvalue weighted by atomic mass is 35.5. The van der Waals surface area contributed by atoms with Gasteiger partial charge in [0.1, 0.15) is 0 Å². The zero-order valence-electron chi connectivity index (χ0n) is 15.9. The first-order valence-electron chi connectivity index (χ1n) is 9.54. The molecule has 2 atom stereocenters. The van der Waals surface area contributed by atoms with Crippen molar-refractivity contribution in [1.82, 2.24) is 10.6 Å². The van der Waals surface area contributed by atoms with Gasteiger partial charge in [0.25, 0.3) is 5.91 Å². The molecule has 2 aliphatic heterocycles. The lowest BCUT2D eigenvalue weighted by atomic mass is 9.89. The van der Waals surface area contributed by atoms with Crippen molar-refractivity contribution in [3.63, 3.8) is 0 Å². The number of anilines is 1. The smallest absolute Gasteiger partial charge is 0.252 e. The Hall–Kier alpha value is -1.30. The largest absolute Gasteiger partial charge is 0.352 e. The molecule has 3 rings (SSSR count). The lowest BCUT2D eigenvalue weighted by Crippen LogP contribution is -2.39. The first kappa shape index (κ1) is 22.0. The van der Waals surface area contributed by atoms with Crippen molar-refractivity contribution < 1.29 is 9.59 Å². The second-order valence-corrected chi connectivity index (χ2v) is 8.43. The molecule has 2 fully saturated rings. The summed E-state index contributed by atoms with van der Waals surface area (Å²) in [6, 6.07) is 6.23. The molecule has 2 saturated heterocycles. The maximum absolute atomic E-state index is 12.4. The third-order valence-corrected chi connectivity index (χ3v) is 5.53. The number of fused-ring (bicyclic) bond motifs is 2. The molecule has 1 aromatic carbocycles. The Kier molecular flexibility index (Phi) is 7.95. The highest BCUT2D eigenvalue weighted by Gasteiger charge is 2.34. The van der Waals surface area contributed by atoms with E-state index >= 15 is 0 Å². The number of benzene rings is 1. The molecule has 2 amide bonds. The van der Waals surface area contributed by atoms with Crippen LogP contribution >= 0.6 is 24.0 Å². The summed E-state index contributed by atoms with van der Waals surface area (Å²) >= 11 is 6.24. The monoisotopic (exact) mass is 413 g/mol. The number of hydrogen-bond donors (Lipinski definition) is 3. The van der Waals surface area contributed by atoms with Crippen LogP contribution in [0.25, 0.3) is 0 Å². The number of carbonyl (C=O) groups is 2. The minimum Gasteiger partial charge on any atom is -0.352 e. The predicted molar refractivity (Wildman–Crippen MR) is 112 cm³/mol. The Bertz CT molecular complexity index is 669. The van der Waals surface area contributed by atoms with Crippen LogP contribution in [-0.2, 0) is 4.79 Å². The molecule has 0 spiro atoms. The van der Waals surface area contributed by atoms with E-state index in [9.17, 15) is 9.59 Å². The zero-order valence-corrected chi connectivity index (χ0v) is 17.5. The first-order chi connectivity index (χ1) is 12.4. The van der Waals surface area contributed by atoms with Crippen LogP contribution in [0.15, 0.2) is 18.2 Å². The van der Waals surface area contributed by atoms with Crippen LogP contribution in [0.2, 0.25) is 5.02 Å². The Morgan fingerprint density at radius 2 is 1.89 bits per heavy atom. The highest BCUT2D eigenvalue weighted by Crippen LogP contribution is 2.33. The summed E-state index contributed by atoms with van der Waals surface area (Å²) in [5.74, 6) is 0.656. The highest BCUT2D eigenvalue weighted by molar-refractivity contribution is 6.34. The Labute approximate surface area is 172 Å².